The quantitative estimate of drug-likeness (QED) is 0.501. The highest BCUT2D eigenvalue weighted by atomic mass is 16.6. The van der Waals surface area contributed by atoms with Crippen LogP contribution in [0.25, 0.3) is 0 Å². The number of methoxy groups -OCH3 is 1. The maximum atomic E-state index is 11.9. The number of rotatable bonds is 4. The monoisotopic (exact) mass is 316 g/mol. The van der Waals surface area contributed by atoms with Crippen molar-refractivity contribution in [1.29, 1.82) is 0 Å². The highest BCUT2D eigenvalue weighted by Gasteiger charge is 2.18. The standard InChI is InChI=1S/C14H12N4O5/c1-23-12-7-10(18(21)22)4-5-11(12)17-14(20)13(19)16-9-3-2-6-15-8-9/h2-8H,1H3,(H,16,19)(H,17,20). The number of hydrogen-bond donors (Lipinski definition) is 2. The van der Waals surface area contributed by atoms with E-state index in [9.17, 15) is 19.7 Å². The second-order valence-electron chi connectivity index (χ2n) is 4.29. The van der Waals surface area contributed by atoms with E-state index >= 15 is 0 Å². The Labute approximate surface area is 130 Å². The zero-order valence-electron chi connectivity index (χ0n) is 12.0. The van der Waals surface area contributed by atoms with Crippen molar-refractivity contribution in [2.24, 2.45) is 0 Å². The van der Waals surface area contributed by atoms with E-state index in [0.717, 1.165) is 6.07 Å². The van der Waals surface area contributed by atoms with E-state index in [2.05, 4.69) is 15.6 Å². The van der Waals surface area contributed by atoms with Gasteiger partial charge in [0.05, 0.1) is 35.7 Å². The molecule has 0 spiro atoms. The number of nitrogens with one attached hydrogen (secondary N) is 2. The predicted octanol–water partition coefficient (Wildman–Crippen LogP) is 1.58. The Morgan fingerprint density at radius 3 is 2.57 bits per heavy atom. The molecule has 1 aromatic heterocycles. The van der Waals surface area contributed by atoms with E-state index in [0.29, 0.717) is 5.69 Å². The van der Waals surface area contributed by atoms with Gasteiger partial charge >= 0.3 is 11.8 Å². The molecule has 0 unspecified atom stereocenters. The summed E-state index contributed by atoms with van der Waals surface area (Å²) >= 11 is 0. The summed E-state index contributed by atoms with van der Waals surface area (Å²) in [6.07, 6.45) is 2.91. The molecule has 118 valence electrons. The molecule has 1 heterocycles. The minimum atomic E-state index is -0.944. The van der Waals surface area contributed by atoms with E-state index in [1.54, 1.807) is 12.1 Å². The van der Waals surface area contributed by atoms with Gasteiger partial charge in [0.25, 0.3) is 5.69 Å². The van der Waals surface area contributed by atoms with Crippen molar-refractivity contribution in [3.05, 3.63) is 52.8 Å². The normalized spacial score (nSPS) is 9.78. The van der Waals surface area contributed by atoms with Crippen LogP contribution in [0.5, 0.6) is 5.75 Å². The Morgan fingerprint density at radius 1 is 1.22 bits per heavy atom. The summed E-state index contributed by atoms with van der Waals surface area (Å²) in [5, 5.41) is 15.4. The number of aromatic nitrogens is 1. The Morgan fingerprint density at radius 2 is 1.96 bits per heavy atom. The number of nitro groups is 1. The minimum absolute atomic E-state index is 0.0710. The van der Waals surface area contributed by atoms with Crippen LogP contribution in [0, 0.1) is 10.1 Å². The number of non-ortho nitro benzene ring substituents is 1. The van der Waals surface area contributed by atoms with E-state index < -0.39 is 16.7 Å². The second-order valence-corrected chi connectivity index (χ2v) is 4.29. The summed E-state index contributed by atoms with van der Waals surface area (Å²) in [7, 11) is 1.30. The van der Waals surface area contributed by atoms with E-state index in [1.807, 2.05) is 0 Å². The van der Waals surface area contributed by atoms with Crippen molar-refractivity contribution in [2.75, 3.05) is 17.7 Å². The molecule has 23 heavy (non-hydrogen) atoms. The van der Waals surface area contributed by atoms with Crippen molar-refractivity contribution in [3.8, 4) is 5.75 Å². The highest BCUT2D eigenvalue weighted by Crippen LogP contribution is 2.28. The molecule has 0 saturated heterocycles. The number of anilines is 2. The molecule has 0 saturated carbocycles. The molecule has 2 aromatic rings. The van der Waals surface area contributed by atoms with Crippen molar-refractivity contribution in [3.63, 3.8) is 0 Å². The summed E-state index contributed by atoms with van der Waals surface area (Å²) in [5.74, 6) is -1.78. The molecule has 0 aliphatic carbocycles. The van der Waals surface area contributed by atoms with E-state index in [4.69, 9.17) is 4.74 Å². The highest BCUT2D eigenvalue weighted by molar-refractivity contribution is 6.43. The van der Waals surface area contributed by atoms with Crippen LogP contribution in [0.2, 0.25) is 0 Å². The van der Waals surface area contributed by atoms with Crippen LogP contribution in [0.15, 0.2) is 42.7 Å². The van der Waals surface area contributed by atoms with Gasteiger partial charge in [-0.1, -0.05) is 0 Å². The van der Waals surface area contributed by atoms with Gasteiger partial charge in [-0.15, -0.1) is 0 Å². The van der Waals surface area contributed by atoms with Gasteiger partial charge in [0.1, 0.15) is 5.75 Å². The number of hydrogen-bond acceptors (Lipinski definition) is 6. The zero-order valence-corrected chi connectivity index (χ0v) is 12.0. The second kappa shape index (κ2) is 6.98. The molecular formula is C14H12N4O5. The first-order chi connectivity index (χ1) is 11.0. The molecule has 0 radical (unpaired) electrons. The van der Waals surface area contributed by atoms with Crippen molar-refractivity contribution in [1.82, 2.24) is 4.98 Å². The lowest BCUT2D eigenvalue weighted by Gasteiger charge is -2.10. The summed E-state index contributed by atoms with van der Waals surface area (Å²) in [5.41, 5.74) is 0.312. The summed E-state index contributed by atoms with van der Waals surface area (Å²) in [4.78, 5) is 37.6. The zero-order chi connectivity index (χ0) is 16.8. The average Bonchev–Trinajstić information content (AvgIpc) is 2.55. The molecule has 2 rings (SSSR count). The van der Waals surface area contributed by atoms with E-state index in [1.165, 1.54) is 31.6 Å². The van der Waals surface area contributed by atoms with Crippen molar-refractivity contribution >= 4 is 28.9 Å². The number of carbonyl (C=O) groups excluding carboxylic acids is 2. The Kier molecular flexibility index (Phi) is 4.82. The molecule has 0 aliphatic heterocycles. The Balaban J connectivity index is 2.10. The fourth-order valence-corrected chi connectivity index (χ4v) is 1.70. The third kappa shape index (κ3) is 4.00. The number of carbonyl (C=O) groups is 2. The maximum Gasteiger partial charge on any atom is 0.314 e. The summed E-state index contributed by atoms with van der Waals surface area (Å²) in [6, 6.07) is 6.80. The third-order valence-corrected chi connectivity index (χ3v) is 2.77. The number of amides is 2. The van der Waals surface area contributed by atoms with Crippen LogP contribution in [0.4, 0.5) is 17.1 Å². The third-order valence-electron chi connectivity index (χ3n) is 2.77. The smallest absolute Gasteiger partial charge is 0.314 e. The van der Waals surface area contributed by atoms with Gasteiger partial charge < -0.3 is 15.4 Å². The number of nitrogens with zero attached hydrogens (tertiary/aromatic N) is 2. The number of benzene rings is 1. The fraction of sp³-hybridized carbons (Fsp3) is 0.0714. The van der Waals surface area contributed by atoms with Crippen molar-refractivity contribution in [2.45, 2.75) is 0 Å². The van der Waals surface area contributed by atoms with Gasteiger partial charge in [-0.3, -0.25) is 24.7 Å². The predicted molar refractivity (Wildman–Crippen MR) is 81.1 cm³/mol. The first-order valence-electron chi connectivity index (χ1n) is 6.36. The number of ether oxygens (including phenoxy) is 1. The topological polar surface area (TPSA) is 123 Å². The molecule has 0 bridgehead atoms. The molecule has 2 N–H and O–H groups in total. The SMILES string of the molecule is COc1cc([N+](=O)[O-])ccc1NC(=O)C(=O)Nc1cccnc1. The lowest BCUT2D eigenvalue weighted by molar-refractivity contribution is -0.384. The molecule has 1 aromatic carbocycles. The number of pyridine rings is 1. The summed E-state index contributed by atoms with van der Waals surface area (Å²) < 4.78 is 4.97. The van der Waals surface area contributed by atoms with Gasteiger partial charge in [0.15, 0.2) is 0 Å². The van der Waals surface area contributed by atoms with Gasteiger partial charge in [-0.2, -0.15) is 0 Å². The van der Waals surface area contributed by atoms with Crippen LogP contribution in [-0.2, 0) is 9.59 Å². The van der Waals surface area contributed by atoms with Crippen LogP contribution in [0.1, 0.15) is 0 Å². The molecular weight excluding hydrogens is 304 g/mol. The molecule has 9 nitrogen and oxygen atoms in total. The molecule has 0 atom stereocenters. The first kappa shape index (κ1) is 15.9. The van der Waals surface area contributed by atoms with Crippen LogP contribution in [-0.4, -0.2) is 28.8 Å². The summed E-state index contributed by atoms with van der Waals surface area (Å²) in [6.45, 7) is 0. The number of nitro benzene ring substituents is 1. The lowest BCUT2D eigenvalue weighted by Crippen LogP contribution is -2.29. The van der Waals surface area contributed by atoms with Crippen LogP contribution >= 0.6 is 0 Å². The minimum Gasteiger partial charge on any atom is -0.494 e. The Bertz CT molecular complexity index is 748. The lowest BCUT2D eigenvalue weighted by atomic mass is 10.2. The first-order valence-corrected chi connectivity index (χ1v) is 6.36. The Hall–Kier alpha value is -3.49. The van der Waals surface area contributed by atoms with E-state index in [-0.39, 0.29) is 17.1 Å². The molecule has 0 fully saturated rings. The molecule has 0 aliphatic rings. The van der Waals surface area contributed by atoms with Gasteiger partial charge in [0.2, 0.25) is 0 Å². The average molecular weight is 316 g/mol. The van der Waals surface area contributed by atoms with Gasteiger partial charge in [-0.25, -0.2) is 0 Å². The largest absolute Gasteiger partial charge is 0.494 e. The molecule has 2 amide bonds. The maximum absolute atomic E-state index is 11.9. The molecule has 9 heteroatoms. The van der Waals surface area contributed by atoms with Crippen molar-refractivity contribution < 1.29 is 19.2 Å². The fourth-order valence-electron chi connectivity index (χ4n) is 1.70. The van der Waals surface area contributed by atoms with Gasteiger partial charge in [-0.05, 0) is 18.2 Å². The van der Waals surface area contributed by atoms with Gasteiger partial charge in [0, 0.05) is 12.3 Å². The van der Waals surface area contributed by atoms with Crippen LogP contribution in [0.3, 0.4) is 0 Å². The van der Waals surface area contributed by atoms with Crippen LogP contribution < -0.4 is 15.4 Å².